The molecule has 3 nitrogen and oxygen atoms in total. The molecule has 5 heteroatoms. The van der Waals surface area contributed by atoms with Crippen molar-refractivity contribution < 1.29 is 9.53 Å². The maximum Gasteiger partial charge on any atom is 0.212 e. The third-order valence-electron chi connectivity index (χ3n) is 2.49. The highest BCUT2D eigenvalue weighted by Crippen LogP contribution is 2.23. The van der Waals surface area contributed by atoms with E-state index >= 15 is 0 Å². The minimum absolute atomic E-state index is 0.0675. The molecule has 104 valence electrons. The summed E-state index contributed by atoms with van der Waals surface area (Å²) in [7, 11) is 0. The lowest BCUT2D eigenvalue weighted by molar-refractivity contribution is 0.103. The van der Waals surface area contributed by atoms with E-state index in [-0.39, 0.29) is 11.9 Å². The van der Waals surface area contributed by atoms with E-state index in [1.54, 1.807) is 30.5 Å². The first kappa shape index (κ1) is 15.2. The lowest BCUT2D eigenvalue weighted by atomic mass is 10.1. The highest BCUT2D eigenvalue weighted by molar-refractivity contribution is 9.11. The van der Waals surface area contributed by atoms with Crippen molar-refractivity contribution in [3.8, 4) is 5.75 Å². The van der Waals surface area contributed by atoms with Gasteiger partial charge in [-0.1, -0.05) is 12.1 Å². The van der Waals surface area contributed by atoms with Crippen molar-refractivity contribution >= 4 is 37.6 Å². The monoisotopic (exact) mass is 397 g/mol. The Labute approximate surface area is 134 Å². The second kappa shape index (κ2) is 6.50. The Balaban J connectivity index is 2.33. The van der Waals surface area contributed by atoms with Crippen molar-refractivity contribution in [2.45, 2.75) is 20.0 Å². The van der Waals surface area contributed by atoms with Gasteiger partial charge in [-0.25, -0.2) is 0 Å². The average molecular weight is 399 g/mol. The van der Waals surface area contributed by atoms with E-state index in [0.717, 1.165) is 4.47 Å². The van der Waals surface area contributed by atoms with Crippen molar-refractivity contribution in [1.82, 2.24) is 4.98 Å². The molecule has 2 rings (SSSR count). The topological polar surface area (TPSA) is 39.2 Å². The van der Waals surface area contributed by atoms with Gasteiger partial charge in [0.2, 0.25) is 5.78 Å². The van der Waals surface area contributed by atoms with E-state index in [1.165, 1.54) is 0 Å². The summed E-state index contributed by atoms with van der Waals surface area (Å²) >= 11 is 6.68. The van der Waals surface area contributed by atoms with Crippen LogP contribution < -0.4 is 4.74 Å². The van der Waals surface area contributed by atoms with Crippen LogP contribution in [0.25, 0.3) is 0 Å². The molecule has 0 bridgehead atoms. The molecular formula is C15H13Br2NO2. The number of pyridine rings is 1. The molecule has 0 aliphatic heterocycles. The summed E-state index contributed by atoms with van der Waals surface area (Å²) < 4.78 is 7.08. The van der Waals surface area contributed by atoms with Crippen LogP contribution in [0.15, 0.2) is 45.5 Å². The van der Waals surface area contributed by atoms with Crippen molar-refractivity contribution in [3.63, 3.8) is 0 Å². The molecule has 0 spiro atoms. The second-order valence-electron chi connectivity index (χ2n) is 4.51. The molecule has 0 aliphatic rings. The van der Waals surface area contributed by atoms with Gasteiger partial charge < -0.3 is 4.74 Å². The number of hydrogen-bond donors (Lipinski definition) is 0. The third kappa shape index (κ3) is 3.67. The summed E-state index contributed by atoms with van der Waals surface area (Å²) in [5, 5.41) is 0. The van der Waals surface area contributed by atoms with Crippen molar-refractivity contribution in [2.75, 3.05) is 0 Å². The molecule has 0 radical (unpaired) electrons. The Kier molecular flexibility index (Phi) is 4.94. The summed E-state index contributed by atoms with van der Waals surface area (Å²) in [5.74, 6) is 0.540. The summed E-state index contributed by atoms with van der Waals surface area (Å²) in [6.07, 6.45) is 1.67. The maximum absolute atomic E-state index is 12.5. The molecule has 0 aliphatic carbocycles. The molecule has 0 N–H and O–H groups in total. The van der Waals surface area contributed by atoms with Crippen LogP contribution in [0.2, 0.25) is 0 Å². The summed E-state index contributed by atoms with van der Waals surface area (Å²) in [6, 6.07) is 8.93. The molecule has 0 saturated heterocycles. The fourth-order valence-corrected chi connectivity index (χ4v) is 2.87. The molecule has 0 atom stereocenters. The molecule has 20 heavy (non-hydrogen) atoms. The Bertz CT molecular complexity index is 642. The number of ketones is 1. The van der Waals surface area contributed by atoms with E-state index in [0.29, 0.717) is 21.5 Å². The van der Waals surface area contributed by atoms with E-state index < -0.39 is 0 Å². The molecule has 0 amide bonds. The first-order valence-electron chi connectivity index (χ1n) is 6.10. The number of nitrogens with zero attached hydrogens (tertiary/aromatic N) is 1. The van der Waals surface area contributed by atoms with E-state index in [2.05, 4.69) is 36.8 Å². The Morgan fingerprint density at radius 2 is 2.00 bits per heavy atom. The van der Waals surface area contributed by atoms with E-state index in [1.807, 2.05) is 19.9 Å². The largest absolute Gasteiger partial charge is 0.491 e. The number of carbonyl (C=O) groups is 1. The fraction of sp³-hybridized carbons (Fsp3) is 0.200. The zero-order valence-corrected chi connectivity index (χ0v) is 14.2. The smallest absolute Gasteiger partial charge is 0.212 e. The normalized spacial score (nSPS) is 10.7. The van der Waals surface area contributed by atoms with Gasteiger partial charge in [-0.2, -0.15) is 0 Å². The van der Waals surface area contributed by atoms with Gasteiger partial charge in [0.25, 0.3) is 0 Å². The van der Waals surface area contributed by atoms with Crippen LogP contribution in [0.3, 0.4) is 0 Å². The van der Waals surface area contributed by atoms with Crippen LogP contribution in [0.4, 0.5) is 0 Å². The fourth-order valence-electron chi connectivity index (χ4n) is 1.70. The number of halogens is 2. The minimum Gasteiger partial charge on any atom is -0.491 e. The number of aromatic nitrogens is 1. The maximum atomic E-state index is 12.5. The summed E-state index contributed by atoms with van der Waals surface area (Å²) in [4.78, 5) is 16.6. The number of benzene rings is 1. The number of ether oxygens (including phenoxy) is 1. The van der Waals surface area contributed by atoms with Crippen LogP contribution in [0, 0.1) is 0 Å². The first-order chi connectivity index (χ1) is 9.47. The number of carbonyl (C=O) groups excluding carboxylic acids is 1. The van der Waals surface area contributed by atoms with Gasteiger partial charge in [0.05, 0.1) is 6.10 Å². The highest BCUT2D eigenvalue weighted by atomic mass is 79.9. The van der Waals surface area contributed by atoms with E-state index in [4.69, 9.17) is 4.74 Å². The van der Waals surface area contributed by atoms with Crippen LogP contribution >= 0.6 is 31.9 Å². The molecule has 1 heterocycles. The van der Waals surface area contributed by atoms with Gasteiger partial charge in [0.1, 0.15) is 11.4 Å². The van der Waals surface area contributed by atoms with Gasteiger partial charge in [-0.05, 0) is 63.9 Å². The van der Waals surface area contributed by atoms with Gasteiger partial charge in [-0.15, -0.1) is 0 Å². The first-order valence-corrected chi connectivity index (χ1v) is 7.68. The zero-order chi connectivity index (χ0) is 14.7. The van der Waals surface area contributed by atoms with E-state index in [9.17, 15) is 4.79 Å². The summed E-state index contributed by atoms with van der Waals surface area (Å²) in [6.45, 7) is 3.89. The van der Waals surface area contributed by atoms with Crippen LogP contribution in [0.1, 0.15) is 29.9 Å². The highest BCUT2D eigenvalue weighted by Gasteiger charge is 2.15. The number of hydrogen-bond acceptors (Lipinski definition) is 3. The predicted octanol–water partition coefficient (Wildman–Crippen LogP) is 4.62. The molecular weight excluding hydrogens is 386 g/mol. The molecule has 2 aromatic rings. The SMILES string of the molecule is CC(C)Oc1cccc(C(=O)c2ncc(Br)cc2Br)c1. The lowest BCUT2D eigenvalue weighted by Gasteiger charge is -2.10. The Hall–Kier alpha value is -1.20. The van der Waals surface area contributed by atoms with Crippen molar-refractivity contribution in [1.29, 1.82) is 0 Å². The molecule has 1 aromatic heterocycles. The van der Waals surface area contributed by atoms with Crippen LogP contribution in [0.5, 0.6) is 5.75 Å². The van der Waals surface area contributed by atoms with Crippen molar-refractivity contribution in [2.24, 2.45) is 0 Å². The van der Waals surface area contributed by atoms with Crippen LogP contribution in [-0.2, 0) is 0 Å². The van der Waals surface area contributed by atoms with Crippen molar-refractivity contribution in [3.05, 3.63) is 56.7 Å². The average Bonchev–Trinajstić information content (AvgIpc) is 2.37. The van der Waals surface area contributed by atoms with Gasteiger partial charge >= 0.3 is 0 Å². The molecule has 0 saturated carbocycles. The lowest BCUT2D eigenvalue weighted by Crippen LogP contribution is -2.08. The predicted molar refractivity (Wildman–Crippen MR) is 85.3 cm³/mol. The van der Waals surface area contributed by atoms with Gasteiger partial charge in [0, 0.05) is 20.7 Å². The zero-order valence-electron chi connectivity index (χ0n) is 11.1. The van der Waals surface area contributed by atoms with Crippen LogP contribution in [-0.4, -0.2) is 16.9 Å². The number of rotatable bonds is 4. The molecule has 0 unspecified atom stereocenters. The summed E-state index contributed by atoms with van der Waals surface area (Å²) in [5.41, 5.74) is 0.938. The van der Waals surface area contributed by atoms with Gasteiger partial charge in [-0.3, -0.25) is 9.78 Å². The molecule has 1 aromatic carbocycles. The van der Waals surface area contributed by atoms with Gasteiger partial charge in [0.15, 0.2) is 0 Å². The Morgan fingerprint density at radius 1 is 1.25 bits per heavy atom. The third-order valence-corrected chi connectivity index (χ3v) is 3.53. The Morgan fingerprint density at radius 3 is 2.65 bits per heavy atom. The quantitative estimate of drug-likeness (QED) is 0.705. The standard InChI is InChI=1S/C15H13Br2NO2/c1-9(2)20-12-5-3-4-10(6-12)15(19)14-13(17)7-11(16)8-18-14/h3-9H,1-2H3. The second-order valence-corrected chi connectivity index (χ2v) is 6.28. The minimum atomic E-state index is -0.140. The molecule has 0 fully saturated rings.